The second-order valence-electron chi connectivity index (χ2n) is 9.31. The first kappa shape index (κ1) is 29.2. The number of aryl methyl sites for hydroxylation is 1. The number of amides is 2. The summed E-state index contributed by atoms with van der Waals surface area (Å²) in [6.07, 6.45) is 0.736. The Bertz CT molecular complexity index is 1350. The molecule has 202 valence electrons. The molecule has 0 aliphatic carbocycles. The van der Waals surface area contributed by atoms with E-state index in [1.807, 2.05) is 26.8 Å². The number of nitrogens with one attached hydrogen (secondary N) is 1. The molecule has 0 radical (unpaired) electrons. The number of halogens is 1. The van der Waals surface area contributed by atoms with Crippen molar-refractivity contribution >= 4 is 39.1 Å². The lowest BCUT2D eigenvalue weighted by atomic mass is 10.1. The molecule has 0 saturated heterocycles. The van der Waals surface area contributed by atoms with Crippen molar-refractivity contribution in [1.82, 2.24) is 10.2 Å². The quantitative estimate of drug-likeness (QED) is 0.353. The number of sulfonamides is 1. The first-order valence-corrected chi connectivity index (χ1v) is 14.3. The van der Waals surface area contributed by atoms with Crippen LogP contribution in [0.4, 0.5) is 5.69 Å². The molecule has 0 fully saturated rings. The summed E-state index contributed by atoms with van der Waals surface area (Å²) in [5.41, 5.74) is 1.98. The third kappa shape index (κ3) is 7.36. The van der Waals surface area contributed by atoms with Gasteiger partial charge in [-0.05, 0) is 74.7 Å². The van der Waals surface area contributed by atoms with Crippen molar-refractivity contribution in [3.8, 4) is 0 Å². The van der Waals surface area contributed by atoms with Crippen LogP contribution in [0.15, 0.2) is 83.8 Å². The van der Waals surface area contributed by atoms with E-state index in [1.54, 1.807) is 67.6 Å². The Hall–Kier alpha value is -3.36. The largest absolute Gasteiger partial charge is 0.352 e. The zero-order chi connectivity index (χ0) is 27.9. The average molecular weight is 556 g/mol. The molecular formula is C29H34ClN3O4S. The summed E-state index contributed by atoms with van der Waals surface area (Å²) in [4.78, 5) is 28.4. The van der Waals surface area contributed by atoms with E-state index in [9.17, 15) is 18.0 Å². The van der Waals surface area contributed by atoms with Gasteiger partial charge in [-0.25, -0.2) is 8.42 Å². The minimum Gasteiger partial charge on any atom is -0.352 e. The lowest BCUT2D eigenvalue weighted by molar-refractivity contribution is -0.139. The van der Waals surface area contributed by atoms with Gasteiger partial charge in [-0.1, -0.05) is 61.0 Å². The maximum Gasteiger partial charge on any atom is 0.264 e. The highest BCUT2D eigenvalue weighted by atomic mass is 35.5. The standard InChI is InChI=1S/C29H34ClN3O4S/c1-5-22(3)31-29(35)23(4)32(19-24-14-16-25(30)17-15-24)28(34)20-33(26-11-9-10-21(2)18-26)38(36,37)27-12-7-6-8-13-27/h6-18,22-23H,5,19-20H2,1-4H3,(H,31,35)/t22-,23-/m0/s1. The van der Waals surface area contributed by atoms with Crippen molar-refractivity contribution in [2.45, 2.75) is 57.6 Å². The fraction of sp³-hybridized carbons (Fsp3) is 0.310. The fourth-order valence-corrected chi connectivity index (χ4v) is 5.42. The van der Waals surface area contributed by atoms with E-state index < -0.39 is 28.5 Å². The lowest BCUT2D eigenvalue weighted by Gasteiger charge is -2.32. The molecule has 3 aromatic rings. The molecule has 3 rings (SSSR count). The van der Waals surface area contributed by atoms with E-state index in [1.165, 1.54) is 17.0 Å². The summed E-state index contributed by atoms with van der Waals surface area (Å²) in [5.74, 6) is -0.817. The number of carbonyl (C=O) groups excluding carboxylic acids is 2. The lowest BCUT2D eigenvalue weighted by Crippen LogP contribution is -2.52. The van der Waals surface area contributed by atoms with Gasteiger partial charge in [-0.2, -0.15) is 0 Å². The molecule has 38 heavy (non-hydrogen) atoms. The molecule has 7 nitrogen and oxygen atoms in total. The Kier molecular flexibility index (Phi) is 9.94. The third-order valence-electron chi connectivity index (χ3n) is 6.33. The van der Waals surface area contributed by atoms with Gasteiger partial charge in [0.15, 0.2) is 0 Å². The highest BCUT2D eigenvalue weighted by Gasteiger charge is 2.32. The van der Waals surface area contributed by atoms with Gasteiger partial charge in [0.05, 0.1) is 10.6 Å². The van der Waals surface area contributed by atoms with Crippen LogP contribution in [0, 0.1) is 6.92 Å². The Morgan fingerprint density at radius 1 is 0.947 bits per heavy atom. The van der Waals surface area contributed by atoms with Gasteiger partial charge in [0.2, 0.25) is 11.8 Å². The maximum absolute atomic E-state index is 13.9. The third-order valence-corrected chi connectivity index (χ3v) is 8.37. The zero-order valence-electron chi connectivity index (χ0n) is 22.1. The summed E-state index contributed by atoms with van der Waals surface area (Å²) in [5, 5.41) is 3.47. The molecule has 0 saturated carbocycles. The first-order chi connectivity index (χ1) is 18.0. The normalized spacial score (nSPS) is 12.9. The van der Waals surface area contributed by atoms with Gasteiger partial charge >= 0.3 is 0 Å². The van der Waals surface area contributed by atoms with Crippen LogP contribution in [-0.4, -0.2) is 43.8 Å². The number of nitrogens with zero attached hydrogens (tertiary/aromatic N) is 2. The van der Waals surface area contributed by atoms with Crippen LogP contribution in [0.1, 0.15) is 38.3 Å². The molecule has 0 bridgehead atoms. The number of hydrogen-bond acceptors (Lipinski definition) is 4. The number of anilines is 1. The highest BCUT2D eigenvalue weighted by molar-refractivity contribution is 7.92. The van der Waals surface area contributed by atoms with Crippen LogP contribution >= 0.6 is 11.6 Å². The minimum atomic E-state index is -4.08. The monoisotopic (exact) mass is 555 g/mol. The second kappa shape index (κ2) is 12.9. The molecule has 9 heteroatoms. The predicted octanol–water partition coefficient (Wildman–Crippen LogP) is 5.18. The number of rotatable bonds is 11. The molecule has 0 aliphatic rings. The summed E-state index contributed by atoms with van der Waals surface area (Å²) in [7, 11) is -4.08. The van der Waals surface area contributed by atoms with Crippen LogP contribution < -0.4 is 9.62 Å². The van der Waals surface area contributed by atoms with E-state index in [-0.39, 0.29) is 23.4 Å². The number of benzene rings is 3. The van der Waals surface area contributed by atoms with Crippen LogP contribution in [0.3, 0.4) is 0 Å². The van der Waals surface area contributed by atoms with Gasteiger partial charge in [-0.15, -0.1) is 0 Å². The topological polar surface area (TPSA) is 86.8 Å². The Balaban J connectivity index is 2.01. The van der Waals surface area contributed by atoms with Crippen LogP contribution in [-0.2, 0) is 26.2 Å². The van der Waals surface area contributed by atoms with Gasteiger partial charge in [0.25, 0.3) is 10.0 Å². The fourth-order valence-electron chi connectivity index (χ4n) is 3.87. The van der Waals surface area contributed by atoms with E-state index >= 15 is 0 Å². The zero-order valence-corrected chi connectivity index (χ0v) is 23.7. The average Bonchev–Trinajstić information content (AvgIpc) is 2.91. The van der Waals surface area contributed by atoms with Gasteiger partial charge in [0.1, 0.15) is 12.6 Å². The molecule has 3 aromatic carbocycles. The summed E-state index contributed by atoms with van der Waals surface area (Å²) in [6.45, 7) is 6.98. The highest BCUT2D eigenvalue weighted by Crippen LogP contribution is 2.25. The molecule has 0 aromatic heterocycles. The molecule has 0 heterocycles. The molecule has 2 amide bonds. The maximum atomic E-state index is 13.9. The van der Waals surface area contributed by atoms with Crippen molar-refractivity contribution in [1.29, 1.82) is 0 Å². The van der Waals surface area contributed by atoms with E-state index in [2.05, 4.69) is 5.32 Å². The van der Waals surface area contributed by atoms with Gasteiger partial charge < -0.3 is 10.2 Å². The van der Waals surface area contributed by atoms with Gasteiger partial charge in [-0.3, -0.25) is 13.9 Å². The summed E-state index contributed by atoms with van der Waals surface area (Å²) in [6, 6.07) is 21.0. The summed E-state index contributed by atoms with van der Waals surface area (Å²) >= 11 is 6.04. The van der Waals surface area contributed by atoms with Gasteiger partial charge in [0, 0.05) is 17.6 Å². The first-order valence-electron chi connectivity index (χ1n) is 12.5. The van der Waals surface area contributed by atoms with E-state index in [4.69, 9.17) is 11.6 Å². The van der Waals surface area contributed by atoms with Crippen molar-refractivity contribution in [2.75, 3.05) is 10.8 Å². The Morgan fingerprint density at radius 3 is 2.21 bits per heavy atom. The Labute approximate surface area is 230 Å². The van der Waals surface area contributed by atoms with Crippen LogP contribution in [0.5, 0.6) is 0 Å². The molecule has 0 unspecified atom stereocenters. The second-order valence-corrected chi connectivity index (χ2v) is 11.6. The predicted molar refractivity (Wildman–Crippen MR) is 152 cm³/mol. The summed E-state index contributed by atoms with van der Waals surface area (Å²) < 4.78 is 28.6. The van der Waals surface area contributed by atoms with Crippen molar-refractivity contribution < 1.29 is 18.0 Å². The SMILES string of the molecule is CC[C@H](C)NC(=O)[C@H](C)N(Cc1ccc(Cl)cc1)C(=O)CN(c1cccc(C)c1)S(=O)(=O)c1ccccc1. The molecular weight excluding hydrogens is 522 g/mol. The van der Waals surface area contributed by atoms with Crippen LogP contribution in [0.2, 0.25) is 5.02 Å². The molecule has 0 aliphatic heterocycles. The Morgan fingerprint density at radius 2 is 1.61 bits per heavy atom. The van der Waals surface area contributed by atoms with Crippen molar-refractivity contribution in [3.63, 3.8) is 0 Å². The smallest absolute Gasteiger partial charge is 0.264 e. The number of carbonyl (C=O) groups is 2. The van der Waals surface area contributed by atoms with E-state index in [0.29, 0.717) is 10.7 Å². The van der Waals surface area contributed by atoms with Crippen LogP contribution in [0.25, 0.3) is 0 Å². The molecule has 1 N–H and O–H groups in total. The molecule has 0 spiro atoms. The number of hydrogen-bond donors (Lipinski definition) is 1. The minimum absolute atomic E-state index is 0.0697. The van der Waals surface area contributed by atoms with Crippen molar-refractivity contribution in [3.05, 3.63) is 95.0 Å². The molecule has 2 atom stereocenters. The van der Waals surface area contributed by atoms with E-state index in [0.717, 1.165) is 21.9 Å². The van der Waals surface area contributed by atoms with Crippen molar-refractivity contribution in [2.24, 2.45) is 0 Å².